The maximum Gasteiger partial charge on any atom is 0.222 e. The van der Waals surface area contributed by atoms with Gasteiger partial charge < -0.3 is 41.7 Å². The lowest BCUT2D eigenvalue weighted by atomic mass is 10.1. The summed E-state index contributed by atoms with van der Waals surface area (Å²) in [6.45, 7) is 3.93. The zero-order chi connectivity index (χ0) is 41.5. The number of rotatable bonds is 41. The number of nitrogens with zero attached hydrogens (tertiary/aromatic N) is 2. The molecular weight excluding hydrogens is 705 g/mol. The van der Waals surface area contributed by atoms with Crippen LogP contribution in [0.1, 0.15) is 194 Å². The van der Waals surface area contributed by atoms with Gasteiger partial charge in [0.25, 0.3) is 0 Å². The van der Waals surface area contributed by atoms with E-state index >= 15 is 0 Å². The lowest BCUT2D eigenvalue weighted by Gasteiger charge is -2.32. The lowest BCUT2D eigenvalue weighted by Crippen LogP contribution is -2.51. The van der Waals surface area contributed by atoms with E-state index in [1.165, 1.54) is 99.7 Å². The Hall–Kier alpha value is -1.82. The molecule has 330 valence electrons. The van der Waals surface area contributed by atoms with Crippen LogP contribution in [-0.4, -0.2) is 106 Å². The van der Waals surface area contributed by atoms with Gasteiger partial charge >= 0.3 is 0 Å². The van der Waals surface area contributed by atoms with E-state index in [0.717, 1.165) is 64.2 Å². The molecule has 0 saturated carbocycles. The fourth-order valence-corrected chi connectivity index (χ4v) is 6.92. The second-order valence-corrected chi connectivity index (χ2v) is 16.2. The summed E-state index contributed by atoms with van der Waals surface area (Å²) < 4.78 is 0. The Kier molecular flexibility index (Phi) is 38.7. The maximum atomic E-state index is 13.2. The lowest BCUT2D eigenvalue weighted by molar-refractivity contribution is -0.139. The van der Waals surface area contributed by atoms with E-state index in [2.05, 4.69) is 38.2 Å². The average molecular weight is 795 g/mol. The third-order valence-corrected chi connectivity index (χ3v) is 10.7. The van der Waals surface area contributed by atoms with Crippen molar-refractivity contribution < 1.29 is 30.0 Å². The number of hydrogen-bond acceptors (Lipinski definition) is 8. The number of hydrogen-bond donors (Lipinski definition) is 6. The fraction of sp³-hybridized carbons (Fsp3) is 0.870. The van der Waals surface area contributed by atoms with Gasteiger partial charge in [0.1, 0.15) is 0 Å². The van der Waals surface area contributed by atoms with E-state index in [0.29, 0.717) is 12.8 Å². The van der Waals surface area contributed by atoms with Gasteiger partial charge in [-0.3, -0.25) is 9.59 Å². The van der Waals surface area contributed by atoms with Crippen molar-refractivity contribution in [2.24, 2.45) is 11.5 Å². The molecule has 0 heterocycles. The number of amides is 2. The minimum atomic E-state index is -1.36. The van der Waals surface area contributed by atoms with Gasteiger partial charge in [-0.1, -0.05) is 141 Å². The number of carbonyl (C=O) groups is 2. The van der Waals surface area contributed by atoms with Crippen molar-refractivity contribution in [2.45, 2.75) is 218 Å². The molecule has 0 radical (unpaired) electrons. The number of carbonyl (C=O) groups excluding carboxylic acids is 2. The Morgan fingerprint density at radius 1 is 0.429 bits per heavy atom. The largest absolute Gasteiger partial charge is 0.390 e. The summed E-state index contributed by atoms with van der Waals surface area (Å²) in [7, 11) is 0. The molecule has 10 heteroatoms. The molecule has 0 aromatic rings. The smallest absolute Gasteiger partial charge is 0.222 e. The van der Waals surface area contributed by atoms with Crippen LogP contribution in [0, 0.1) is 0 Å². The molecule has 10 nitrogen and oxygen atoms in total. The quantitative estimate of drug-likeness (QED) is 0.0266. The summed E-state index contributed by atoms with van der Waals surface area (Å²) in [4.78, 5) is 29.1. The molecule has 0 rings (SSSR count). The summed E-state index contributed by atoms with van der Waals surface area (Å²) >= 11 is 0. The van der Waals surface area contributed by atoms with Crippen molar-refractivity contribution in [3.63, 3.8) is 0 Å². The number of aliphatic hydroxyl groups excluding tert-OH is 4. The second kappa shape index (κ2) is 40.0. The van der Waals surface area contributed by atoms with Crippen LogP contribution in [0.25, 0.3) is 0 Å². The number of unbranched alkanes of at least 4 members (excludes halogenated alkanes) is 22. The Morgan fingerprint density at radius 3 is 0.982 bits per heavy atom. The molecule has 0 aromatic heterocycles. The molecule has 0 aromatic carbocycles. The van der Waals surface area contributed by atoms with Gasteiger partial charge in [0.2, 0.25) is 11.8 Å². The molecule has 0 spiro atoms. The molecule has 0 fully saturated rings. The maximum absolute atomic E-state index is 13.2. The number of allylic oxidation sites excluding steroid dienone is 4. The van der Waals surface area contributed by atoms with Gasteiger partial charge in [-0.15, -0.1) is 0 Å². The zero-order valence-corrected chi connectivity index (χ0v) is 36.3. The summed E-state index contributed by atoms with van der Waals surface area (Å²) in [6.07, 6.45) is 35.4. The van der Waals surface area contributed by atoms with Gasteiger partial charge in [-0.25, -0.2) is 0 Å². The van der Waals surface area contributed by atoms with Crippen LogP contribution < -0.4 is 11.5 Å². The SMILES string of the molecule is CCCCCCCC/C=C\CCCCCCCC(=O)N(CC(O)CN)CC(O)C(O)CN(CC(O)CN)C(=O)CCCCCCC/C=C\CCCCCCCC. The Bertz CT molecular complexity index is 877. The summed E-state index contributed by atoms with van der Waals surface area (Å²) in [6, 6.07) is 0. The normalized spacial score (nSPS) is 14.1. The first-order valence-electron chi connectivity index (χ1n) is 23.2. The third-order valence-electron chi connectivity index (χ3n) is 10.7. The van der Waals surface area contributed by atoms with E-state index in [1.54, 1.807) is 0 Å². The first-order valence-corrected chi connectivity index (χ1v) is 23.2. The highest BCUT2D eigenvalue weighted by Gasteiger charge is 2.28. The standard InChI is InChI=1S/C46H90N4O6/c1-3-5-7-9-11-13-15-17-19-21-23-25-27-29-31-33-45(55)49(37-41(51)35-47)39-43(53)44(54)40-50(38-42(52)36-48)46(56)34-32-30-28-26-24-22-20-18-16-14-12-10-8-6-4-2/h17-20,41-44,51-54H,3-16,21-40,47-48H2,1-2H3/b19-17-,20-18-. The first kappa shape index (κ1) is 54.2. The zero-order valence-electron chi connectivity index (χ0n) is 36.3. The molecular formula is C46H90N4O6. The average Bonchev–Trinajstić information content (AvgIpc) is 3.19. The third kappa shape index (κ3) is 33.2. The molecule has 0 bridgehead atoms. The number of aliphatic hydroxyl groups is 4. The number of nitrogens with two attached hydrogens (primary N) is 2. The van der Waals surface area contributed by atoms with Gasteiger partial charge in [-0.2, -0.15) is 0 Å². The van der Waals surface area contributed by atoms with Gasteiger partial charge in [-0.05, 0) is 64.2 Å². The molecule has 0 aliphatic carbocycles. The predicted molar refractivity (Wildman–Crippen MR) is 234 cm³/mol. The van der Waals surface area contributed by atoms with Crippen molar-refractivity contribution in [2.75, 3.05) is 39.3 Å². The van der Waals surface area contributed by atoms with E-state index in [4.69, 9.17) is 11.5 Å². The Balaban J connectivity index is 4.60. The van der Waals surface area contributed by atoms with Gasteiger partial charge in [0.15, 0.2) is 0 Å². The Labute approximate surface area is 343 Å². The molecule has 4 atom stereocenters. The molecule has 4 unspecified atom stereocenters. The summed E-state index contributed by atoms with van der Waals surface area (Å²) in [5.41, 5.74) is 11.3. The predicted octanol–water partition coefficient (Wildman–Crippen LogP) is 8.08. The van der Waals surface area contributed by atoms with Crippen LogP contribution in [0.3, 0.4) is 0 Å². The topological polar surface area (TPSA) is 174 Å². The van der Waals surface area contributed by atoms with Crippen LogP contribution in [0.15, 0.2) is 24.3 Å². The van der Waals surface area contributed by atoms with Crippen LogP contribution >= 0.6 is 0 Å². The molecule has 2 amide bonds. The van der Waals surface area contributed by atoms with Crippen LogP contribution in [0.4, 0.5) is 0 Å². The monoisotopic (exact) mass is 795 g/mol. The van der Waals surface area contributed by atoms with Crippen LogP contribution in [0.2, 0.25) is 0 Å². The second-order valence-electron chi connectivity index (χ2n) is 16.2. The van der Waals surface area contributed by atoms with Crippen molar-refractivity contribution in [3.8, 4) is 0 Å². The van der Waals surface area contributed by atoms with Crippen LogP contribution in [0.5, 0.6) is 0 Å². The van der Waals surface area contributed by atoms with Crippen molar-refractivity contribution in [1.29, 1.82) is 0 Å². The van der Waals surface area contributed by atoms with Gasteiger partial charge in [0, 0.05) is 52.1 Å². The molecule has 8 N–H and O–H groups in total. The highest BCUT2D eigenvalue weighted by Crippen LogP contribution is 2.14. The van der Waals surface area contributed by atoms with Crippen molar-refractivity contribution >= 4 is 11.8 Å². The minimum Gasteiger partial charge on any atom is -0.390 e. The Morgan fingerprint density at radius 2 is 0.696 bits per heavy atom. The molecule has 56 heavy (non-hydrogen) atoms. The van der Waals surface area contributed by atoms with Crippen molar-refractivity contribution in [1.82, 2.24) is 9.80 Å². The highest BCUT2D eigenvalue weighted by molar-refractivity contribution is 5.76. The van der Waals surface area contributed by atoms with E-state index < -0.39 is 24.4 Å². The molecule has 0 saturated heterocycles. The van der Waals surface area contributed by atoms with Crippen LogP contribution in [-0.2, 0) is 9.59 Å². The first-order chi connectivity index (χ1) is 27.2. The van der Waals surface area contributed by atoms with E-state index in [9.17, 15) is 30.0 Å². The molecule has 0 aliphatic rings. The summed E-state index contributed by atoms with van der Waals surface area (Å²) in [5.74, 6) is -0.422. The minimum absolute atomic E-state index is 0.0363. The summed E-state index contributed by atoms with van der Waals surface area (Å²) in [5, 5.41) is 42.4. The van der Waals surface area contributed by atoms with E-state index in [-0.39, 0.29) is 63.9 Å². The van der Waals surface area contributed by atoms with Crippen molar-refractivity contribution in [3.05, 3.63) is 24.3 Å². The van der Waals surface area contributed by atoms with Gasteiger partial charge in [0.05, 0.1) is 24.4 Å². The van der Waals surface area contributed by atoms with E-state index in [1.807, 2.05) is 0 Å². The fourth-order valence-electron chi connectivity index (χ4n) is 6.92. The highest BCUT2D eigenvalue weighted by atomic mass is 16.3. The molecule has 0 aliphatic heterocycles.